The van der Waals surface area contributed by atoms with Crippen LogP contribution in [0.25, 0.3) is 10.8 Å². The molecule has 24 heavy (non-hydrogen) atoms. The van der Waals surface area contributed by atoms with Crippen molar-refractivity contribution in [2.45, 2.75) is 76.0 Å². The molecule has 3 N–H and O–H groups in total. The van der Waals surface area contributed by atoms with Crippen molar-refractivity contribution in [1.82, 2.24) is 0 Å². The second-order valence-electron chi connectivity index (χ2n) is 7.84. The molecular formula is C22H29NO. The summed E-state index contributed by atoms with van der Waals surface area (Å²) in [5.41, 5.74) is 9.95. The summed E-state index contributed by atoms with van der Waals surface area (Å²) >= 11 is 0. The number of benzene rings is 2. The van der Waals surface area contributed by atoms with Crippen LogP contribution in [0.4, 0.5) is 5.69 Å². The van der Waals surface area contributed by atoms with Crippen LogP contribution < -0.4 is 5.73 Å². The summed E-state index contributed by atoms with van der Waals surface area (Å²) in [7, 11) is 0. The maximum atomic E-state index is 10.7. The molecule has 4 rings (SSSR count). The molecule has 0 atom stereocenters. The van der Waals surface area contributed by atoms with Crippen molar-refractivity contribution in [3.8, 4) is 5.75 Å². The monoisotopic (exact) mass is 323 g/mol. The van der Waals surface area contributed by atoms with Gasteiger partial charge in [0.05, 0.1) is 0 Å². The molecule has 128 valence electrons. The van der Waals surface area contributed by atoms with E-state index in [0.29, 0.717) is 17.6 Å². The lowest BCUT2D eigenvalue weighted by Gasteiger charge is -2.28. The predicted molar refractivity (Wildman–Crippen MR) is 102 cm³/mol. The SMILES string of the molecule is Nc1ccc(O)c2c(C3CCCCC3)ccc(C3CCCCC3)c12. The second-order valence-corrected chi connectivity index (χ2v) is 7.84. The molecule has 0 heterocycles. The number of fused-ring (bicyclic) bond motifs is 1. The Morgan fingerprint density at radius 1 is 0.667 bits per heavy atom. The highest BCUT2D eigenvalue weighted by atomic mass is 16.3. The zero-order valence-electron chi connectivity index (χ0n) is 14.6. The normalized spacial score (nSPS) is 20.5. The molecule has 0 saturated heterocycles. The van der Waals surface area contributed by atoms with Gasteiger partial charge in [0.15, 0.2) is 0 Å². The molecular weight excluding hydrogens is 294 g/mol. The van der Waals surface area contributed by atoms with Gasteiger partial charge in [0.2, 0.25) is 0 Å². The average molecular weight is 323 g/mol. The topological polar surface area (TPSA) is 46.2 Å². The molecule has 0 aliphatic heterocycles. The standard InChI is InChI=1S/C22H29NO/c23-19-13-14-20(24)22-18(16-9-5-2-6-10-16)12-11-17(21(19)22)15-7-3-1-4-8-15/h11-16,24H,1-10,23H2. The number of phenolic OH excluding ortho intramolecular Hbond substituents is 1. The molecule has 2 aromatic carbocycles. The Kier molecular flexibility index (Phi) is 4.39. The van der Waals surface area contributed by atoms with E-state index in [-0.39, 0.29) is 0 Å². The number of hydrogen-bond donors (Lipinski definition) is 2. The van der Waals surface area contributed by atoms with Gasteiger partial charge in [-0.05, 0) is 60.8 Å². The molecule has 2 heteroatoms. The number of anilines is 1. The van der Waals surface area contributed by atoms with Crippen LogP contribution in [-0.4, -0.2) is 5.11 Å². The molecule has 2 nitrogen and oxygen atoms in total. The van der Waals surface area contributed by atoms with Gasteiger partial charge in [-0.1, -0.05) is 50.7 Å². The molecule has 2 saturated carbocycles. The van der Waals surface area contributed by atoms with Gasteiger partial charge in [0.1, 0.15) is 5.75 Å². The van der Waals surface area contributed by atoms with Gasteiger partial charge in [-0.2, -0.15) is 0 Å². The zero-order valence-corrected chi connectivity index (χ0v) is 14.6. The lowest BCUT2D eigenvalue weighted by molar-refractivity contribution is 0.440. The highest BCUT2D eigenvalue weighted by Crippen LogP contribution is 2.45. The number of phenols is 1. The van der Waals surface area contributed by atoms with Crippen LogP contribution in [0.3, 0.4) is 0 Å². The summed E-state index contributed by atoms with van der Waals surface area (Å²) in [6.45, 7) is 0. The molecule has 2 aromatic rings. The lowest BCUT2D eigenvalue weighted by atomic mass is 9.77. The Labute approximate surface area is 145 Å². The molecule has 0 bridgehead atoms. The van der Waals surface area contributed by atoms with Crippen LogP contribution in [0.5, 0.6) is 5.75 Å². The molecule has 0 radical (unpaired) electrons. The van der Waals surface area contributed by atoms with E-state index in [2.05, 4.69) is 12.1 Å². The predicted octanol–water partition coefficient (Wildman–Crippen LogP) is 6.22. The number of aromatic hydroxyl groups is 1. The fourth-order valence-corrected chi connectivity index (χ4v) is 5.06. The third-order valence-corrected chi connectivity index (χ3v) is 6.33. The summed E-state index contributed by atoms with van der Waals surface area (Å²) in [6.07, 6.45) is 12.9. The van der Waals surface area contributed by atoms with E-state index in [1.807, 2.05) is 6.07 Å². The molecule has 0 unspecified atom stereocenters. The Morgan fingerprint density at radius 3 is 1.71 bits per heavy atom. The first-order valence-corrected chi connectivity index (χ1v) is 9.79. The number of hydrogen-bond acceptors (Lipinski definition) is 2. The number of rotatable bonds is 2. The van der Waals surface area contributed by atoms with E-state index in [9.17, 15) is 5.11 Å². The van der Waals surface area contributed by atoms with Crippen LogP contribution >= 0.6 is 0 Å². The third-order valence-electron chi connectivity index (χ3n) is 6.33. The van der Waals surface area contributed by atoms with Crippen molar-refractivity contribution in [3.63, 3.8) is 0 Å². The van der Waals surface area contributed by atoms with Gasteiger partial charge in [-0.3, -0.25) is 0 Å². The van der Waals surface area contributed by atoms with Crippen molar-refractivity contribution < 1.29 is 5.11 Å². The summed E-state index contributed by atoms with van der Waals surface area (Å²) in [4.78, 5) is 0. The Balaban J connectivity index is 1.88. The van der Waals surface area contributed by atoms with Gasteiger partial charge in [0.25, 0.3) is 0 Å². The maximum Gasteiger partial charge on any atom is 0.123 e. The van der Waals surface area contributed by atoms with E-state index in [4.69, 9.17) is 5.73 Å². The van der Waals surface area contributed by atoms with E-state index >= 15 is 0 Å². The first-order chi connectivity index (χ1) is 11.8. The van der Waals surface area contributed by atoms with Crippen molar-refractivity contribution in [1.29, 1.82) is 0 Å². The Morgan fingerprint density at radius 2 is 1.17 bits per heavy atom. The van der Waals surface area contributed by atoms with E-state index in [1.165, 1.54) is 75.3 Å². The van der Waals surface area contributed by atoms with E-state index < -0.39 is 0 Å². The van der Waals surface area contributed by atoms with Crippen molar-refractivity contribution in [2.75, 3.05) is 5.73 Å². The van der Waals surface area contributed by atoms with Crippen molar-refractivity contribution in [3.05, 3.63) is 35.4 Å². The largest absolute Gasteiger partial charge is 0.507 e. The summed E-state index contributed by atoms with van der Waals surface area (Å²) < 4.78 is 0. The molecule has 0 aromatic heterocycles. The Bertz CT molecular complexity index is 662. The van der Waals surface area contributed by atoms with Gasteiger partial charge in [-0.25, -0.2) is 0 Å². The molecule has 2 aliphatic rings. The van der Waals surface area contributed by atoms with Gasteiger partial charge in [0, 0.05) is 16.5 Å². The number of nitrogen functional groups attached to an aromatic ring is 1. The van der Waals surface area contributed by atoms with Crippen LogP contribution in [0.2, 0.25) is 0 Å². The first-order valence-electron chi connectivity index (χ1n) is 9.79. The van der Waals surface area contributed by atoms with Crippen LogP contribution in [0.15, 0.2) is 24.3 Å². The quantitative estimate of drug-likeness (QED) is 0.509. The molecule has 2 fully saturated rings. The van der Waals surface area contributed by atoms with E-state index in [1.54, 1.807) is 6.07 Å². The molecule has 0 amide bonds. The maximum absolute atomic E-state index is 10.7. The number of nitrogens with two attached hydrogens (primary N) is 1. The van der Waals surface area contributed by atoms with E-state index in [0.717, 1.165) is 16.5 Å². The summed E-state index contributed by atoms with van der Waals surface area (Å²) in [5.74, 6) is 1.59. The van der Waals surface area contributed by atoms with Crippen molar-refractivity contribution >= 4 is 16.5 Å². The smallest absolute Gasteiger partial charge is 0.123 e. The molecule has 0 spiro atoms. The summed E-state index contributed by atoms with van der Waals surface area (Å²) in [6, 6.07) is 8.31. The van der Waals surface area contributed by atoms with Crippen LogP contribution in [0, 0.1) is 0 Å². The highest BCUT2D eigenvalue weighted by Gasteiger charge is 2.24. The van der Waals surface area contributed by atoms with Gasteiger partial charge < -0.3 is 10.8 Å². The minimum absolute atomic E-state index is 0.414. The zero-order chi connectivity index (χ0) is 16.5. The lowest BCUT2D eigenvalue weighted by Crippen LogP contribution is -2.09. The summed E-state index contributed by atoms with van der Waals surface area (Å²) in [5, 5.41) is 12.9. The third kappa shape index (κ3) is 2.76. The van der Waals surface area contributed by atoms with Gasteiger partial charge >= 0.3 is 0 Å². The Hall–Kier alpha value is -1.70. The second kappa shape index (κ2) is 6.66. The molecule has 2 aliphatic carbocycles. The highest BCUT2D eigenvalue weighted by molar-refractivity contribution is 6.02. The van der Waals surface area contributed by atoms with Gasteiger partial charge in [-0.15, -0.1) is 0 Å². The van der Waals surface area contributed by atoms with Crippen LogP contribution in [0.1, 0.15) is 87.2 Å². The van der Waals surface area contributed by atoms with Crippen molar-refractivity contribution in [2.24, 2.45) is 0 Å². The first kappa shape index (κ1) is 15.8. The fraction of sp³-hybridized carbons (Fsp3) is 0.545. The minimum atomic E-state index is 0.414. The minimum Gasteiger partial charge on any atom is -0.507 e. The fourth-order valence-electron chi connectivity index (χ4n) is 5.06. The van der Waals surface area contributed by atoms with Crippen LogP contribution in [-0.2, 0) is 0 Å². The average Bonchev–Trinajstić information content (AvgIpc) is 2.65.